The lowest BCUT2D eigenvalue weighted by atomic mass is 9.75. The average molecular weight is 348 g/mol. The molecule has 1 aliphatic carbocycles. The van der Waals surface area contributed by atoms with Crippen molar-refractivity contribution in [1.82, 2.24) is 15.1 Å². The minimum absolute atomic E-state index is 0.167. The van der Waals surface area contributed by atoms with E-state index in [4.69, 9.17) is 9.47 Å². The number of carbonyl (C=O) groups is 1. The summed E-state index contributed by atoms with van der Waals surface area (Å²) in [6, 6.07) is 2.13. The van der Waals surface area contributed by atoms with Gasteiger partial charge < -0.3 is 14.8 Å². The van der Waals surface area contributed by atoms with E-state index in [2.05, 4.69) is 15.7 Å². The molecule has 2 amide bonds. The number of nitrogens with zero attached hydrogens (tertiary/aromatic N) is 2. The standard InChI is InChI=1S/C18H28N4O3/c23-17(21-16-5-10-20-22(16)14-1-2-14)19-9-4-15-3-6-18(13-25-15)7-11-24-12-8-18/h5,10,14-15H,1-4,6-9,11-13H2,(H2,19,21,23). The van der Waals surface area contributed by atoms with Crippen molar-refractivity contribution in [3.63, 3.8) is 0 Å². The molecule has 3 heterocycles. The summed E-state index contributed by atoms with van der Waals surface area (Å²) in [5, 5.41) is 10.1. The summed E-state index contributed by atoms with van der Waals surface area (Å²) < 4.78 is 13.4. The molecule has 1 saturated carbocycles. The number of hydrogen-bond acceptors (Lipinski definition) is 4. The fourth-order valence-corrected chi connectivity index (χ4v) is 3.87. The van der Waals surface area contributed by atoms with E-state index >= 15 is 0 Å². The van der Waals surface area contributed by atoms with Crippen molar-refractivity contribution in [2.24, 2.45) is 5.41 Å². The summed E-state index contributed by atoms with van der Waals surface area (Å²) in [5.74, 6) is 0.773. The van der Waals surface area contributed by atoms with Crippen LogP contribution in [-0.2, 0) is 9.47 Å². The Morgan fingerprint density at radius 2 is 2.12 bits per heavy atom. The molecule has 1 spiro atoms. The second kappa shape index (κ2) is 7.33. The Morgan fingerprint density at radius 3 is 2.84 bits per heavy atom. The van der Waals surface area contributed by atoms with E-state index in [1.807, 2.05) is 10.7 Å². The van der Waals surface area contributed by atoms with Crippen molar-refractivity contribution < 1.29 is 14.3 Å². The quantitative estimate of drug-likeness (QED) is 0.858. The van der Waals surface area contributed by atoms with E-state index < -0.39 is 0 Å². The van der Waals surface area contributed by atoms with Crippen LogP contribution in [0.3, 0.4) is 0 Å². The monoisotopic (exact) mass is 348 g/mol. The van der Waals surface area contributed by atoms with E-state index in [0.29, 0.717) is 18.0 Å². The van der Waals surface area contributed by atoms with Gasteiger partial charge in [-0.2, -0.15) is 5.10 Å². The molecule has 1 aromatic rings. The normalized spacial score (nSPS) is 25.7. The van der Waals surface area contributed by atoms with Crippen LogP contribution in [-0.4, -0.2) is 48.3 Å². The van der Waals surface area contributed by atoms with Crippen LogP contribution in [0.1, 0.15) is 51.0 Å². The van der Waals surface area contributed by atoms with Crippen LogP contribution in [0.4, 0.5) is 10.6 Å². The first-order valence-electron chi connectivity index (χ1n) is 9.52. The van der Waals surface area contributed by atoms with E-state index in [1.165, 1.54) is 6.42 Å². The molecule has 7 heteroatoms. The molecule has 0 radical (unpaired) electrons. The molecule has 1 aromatic heterocycles. The Morgan fingerprint density at radius 1 is 1.28 bits per heavy atom. The predicted molar refractivity (Wildman–Crippen MR) is 93.6 cm³/mol. The van der Waals surface area contributed by atoms with Gasteiger partial charge in [-0.3, -0.25) is 5.32 Å². The smallest absolute Gasteiger partial charge is 0.320 e. The highest BCUT2D eigenvalue weighted by Crippen LogP contribution is 2.40. The average Bonchev–Trinajstić information content (AvgIpc) is 3.37. The molecule has 1 atom stereocenters. The van der Waals surface area contributed by atoms with Crippen molar-refractivity contribution >= 4 is 11.8 Å². The van der Waals surface area contributed by atoms with Crippen molar-refractivity contribution in [3.8, 4) is 0 Å². The number of nitrogens with one attached hydrogen (secondary N) is 2. The maximum Gasteiger partial charge on any atom is 0.320 e. The summed E-state index contributed by atoms with van der Waals surface area (Å²) >= 11 is 0. The third-order valence-electron chi connectivity index (χ3n) is 5.73. The van der Waals surface area contributed by atoms with Crippen LogP contribution in [0.25, 0.3) is 0 Å². The van der Waals surface area contributed by atoms with E-state index in [-0.39, 0.29) is 12.1 Å². The highest BCUT2D eigenvalue weighted by Gasteiger charge is 2.37. The van der Waals surface area contributed by atoms with Crippen molar-refractivity contribution in [2.45, 2.75) is 57.1 Å². The topological polar surface area (TPSA) is 77.4 Å². The first-order valence-corrected chi connectivity index (χ1v) is 9.52. The molecule has 25 heavy (non-hydrogen) atoms. The molecule has 7 nitrogen and oxygen atoms in total. The molecule has 2 aliphatic heterocycles. The Balaban J connectivity index is 1.16. The Hall–Kier alpha value is -1.60. The van der Waals surface area contributed by atoms with Crippen LogP contribution in [0.2, 0.25) is 0 Å². The number of anilines is 1. The predicted octanol–water partition coefficient (Wildman–Crippen LogP) is 2.71. The number of hydrogen-bond donors (Lipinski definition) is 2. The number of rotatable bonds is 5. The Labute approximate surface area is 148 Å². The van der Waals surface area contributed by atoms with Crippen LogP contribution in [0, 0.1) is 5.41 Å². The van der Waals surface area contributed by atoms with E-state index in [1.54, 1.807) is 6.20 Å². The second-order valence-electron chi connectivity index (χ2n) is 7.65. The Bertz CT molecular complexity index is 583. The summed E-state index contributed by atoms with van der Waals surface area (Å²) in [6.45, 7) is 3.21. The molecule has 4 rings (SSSR count). The minimum Gasteiger partial charge on any atom is -0.381 e. The van der Waals surface area contributed by atoms with Crippen LogP contribution < -0.4 is 10.6 Å². The fourth-order valence-electron chi connectivity index (χ4n) is 3.87. The SMILES string of the molecule is O=C(NCCC1CCC2(CCOCC2)CO1)Nc1ccnn1C1CC1. The zero-order valence-corrected chi connectivity index (χ0v) is 14.7. The maximum atomic E-state index is 12.1. The molecule has 138 valence electrons. The Kier molecular flexibility index (Phi) is 4.94. The van der Waals surface area contributed by atoms with Crippen molar-refractivity contribution in [1.29, 1.82) is 0 Å². The number of urea groups is 1. The zero-order valence-electron chi connectivity index (χ0n) is 14.7. The van der Waals surface area contributed by atoms with Gasteiger partial charge in [-0.05, 0) is 50.4 Å². The lowest BCUT2D eigenvalue weighted by Crippen LogP contribution is -2.41. The molecular formula is C18H28N4O3. The fraction of sp³-hybridized carbons (Fsp3) is 0.778. The molecule has 0 bridgehead atoms. The largest absolute Gasteiger partial charge is 0.381 e. The van der Waals surface area contributed by atoms with Gasteiger partial charge in [-0.1, -0.05) is 0 Å². The van der Waals surface area contributed by atoms with Gasteiger partial charge in [0.05, 0.1) is 24.9 Å². The molecule has 1 unspecified atom stereocenters. The lowest BCUT2D eigenvalue weighted by molar-refractivity contribution is -0.106. The van der Waals surface area contributed by atoms with Gasteiger partial charge >= 0.3 is 6.03 Å². The maximum absolute atomic E-state index is 12.1. The summed E-state index contributed by atoms with van der Waals surface area (Å²) in [5.41, 5.74) is 0.348. The molecule has 2 saturated heterocycles. The zero-order chi connectivity index (χ0) is 17.1. The van der Waals surface area contributed by atoms with E-state index in [9.17, 15) is 4.79 Å². The molecule has 0 aromatic carbocycles. The highest BCUT2D eigenvalue weighted by molar-refractivity contribution is 5.88. The third kappa shape index (κ3) is 4.15. The summed E-state index contributed by atoms with van der Waals surface area (Å²) in [4.78, 5) is 12.1. The summed E-state index contributed by atoms with van der Waals surface area (Å²) in [7, 11) is 0. The number of ether oxygens (including phenoxy) is 2. The van der Waals surface area contributed by atoms with Gasteiger partial charge in [-0.25, -0.2) is 9.48 Å². The molecule has 3 aliphatic rings. The first kappa shape index (κ1) is 16.8. The number of aromatic nitrogens is 2. The van der Waals surface area contributed by atoms with Gasteiger partial charge in [0.2, 0.25) is 0 Å². The number of carbonyl (C=O) groups excluding carboxylic acids is 1. The molecular weight excluding hydrogens is 320 g/mol. The van der Waals surface area contributed by atoms with Gasteiger partial charge in [-0.15, -0.1) is 0 Å². The van der Waals surface area contributed by atoms with Crippen molar-refractivity contribution in [2.75, 3.05) is 31.7 Å². The van der Waals surface area contributed by atoms with Gasteiger partial charge in [0.1, 0.15) is 5.82 Å². The van der Waals surface area contributed by atoms with Crippen molar-refractivity contribution in [3.05, 3.63) is 12.3 Å². The van der Waals surface area contributed by atoms with Crippen LogP contribution in [0.15, 0.2) is 12.3 Å². The minimum atomic E-state index is -0.167. The first-order chi connectivity index (χ1) is 12.2. The van der Waals surface area contributed by atoms with E-state index in [0.717, 1.165) is 64.2 Å². The molecule has 3 fully saturated rings. The lowest BCUT2D eigenvalue weighted by Gasteiger charge is -2.42. The summed E-state index contributed by atoms with van der Waals surface area (Å²) in [6.07, 6.45) is 9.67. The number of amides is 2. The van der Waals surface area contributed by atoms with Crippen LogP contribution >= 0.6 is 0 Å². The highest BCUT2D eigenvalue weighted by atomic mass is 16.5. The third-order valence-corrected chi connectivity index (χ3v) is 5.73. The van der Waals surface area contributed by atoms with Gasteiger partial charge in [0, 0.05) is 25.8 Å². The van der Waals surface area contributed by atoms with Gasteiger partial charge in [0.25, 0.3) is 0 Å². The molecule has 2 N–H and O–H groups in total. The van der Waals surface area contributed by atoms with Crippen LogP contribution in [0.5, 0.6) is 0 Å². The van der Waals surface area contributed by atoms with Gasteiger partial charge in [0.15, 0.2) is 0 Å². The second-order valence-corrected chi connectivity index (χ2v) is 7.65.